The Morgan fingerprint density at radius 2 is 2.06 bits per heavy atom. The fourth-order valence-corrected chi connectivity index (χ4v) is 1.76. The molecule has 2 rings (SSSR count). The molecular weight excluding hydrogens is 214 g/mol. The lowest BCUT2D eigenvalue weighted by Gasteiger charge is -2.32. The second-order valence-electron chi connectivity index (χ2n) is 3.90. The molecule has 0 spiro atoms. The van der Waals surface area contributed by atoms with Crippen molar-refractivity contribution in [3.63, 3.8) is 0 Å². The van der Waals surface area contributed by atoms with Crippen LogP contribution in [0.2, 0.25) is 0 Å². The molecule has 1 unspecified atom stereocenters. The lowest BCUT2D eigenvalue weighted by molar-refractivity contribution is -0.141. The van der Waals surface area contributed by atoms with Gasteiger partial charge >= 0.3 is 0 Å². The molecule has 1 atom stereocenters. The third kappa shape index (κ3) is 2.88. The molecular formula is C14H17NO2. The summed E-state index contributed by atoms with van der Waals surface area (Å²) >= 11 is 0. The van der Waals surface area contributed by atoms with Gasteiger partial charge in [-0.05, 0) is 31.2 Å². The molecule has 1 aliphatic carbocycles. The van der Waals surface area contributed by atoms with Gasteiger partial charge in [-0.2, -0.15) is 0 Å². The van der Waals surface area contributed by atoms with Crippen LogP contribution in [0.1, 0.15) is 13.3 Å². The van der Waals surface area contributed by atoms with Gasteiger partial charge in [0.2, 0.25) is 5.79 Å². The highest BCUT2D eigenvalue weighted by Crippen LogP contribution is 2.27. The number of para-hydroxylation sites is 1. The van der Waals surface area contributed by atoms with Crippen LogP contribution in [0.4, 0.5) is 0 Å². The maximum absolute atomic E-state index is 5.92. The predicted octanol–water partition coefficient (Wildman–Crippen LogP) is 2.60. The molecule has 0 saturated carbocycles. The largest absolute Gasteiger partial charge is 0.458 e. The van der Waals surface area contributed by atoms with Gasteiger partial charge in [-0.1, -0.05) is 24.3 Å². The van der Waals surface area contributed by atoms with Crippen molar-refractivity contribution in [2.45, 2.75) is 19.1 Å². The number of hydrogen-bond donors (Lipinski definition) is 1. The Balaban J connectivity index is 2.16. The highest BCUT2D eigenvalue weighted by Gasteiger charge is 2.30. The van der Waals surface area contributed by atoms with Crippen molar-refractivity contribution in [3.8, 4) is 5.75 Å². The molecule has 3 nitrogen and oxygen atoms in total. The number of benzene rings is 1. The molecule has 90 valence electrons. The summed E-state index contributed by atoms with van der Waals surface area (Å²) in [4.78, 5) is 0. The van der Waals surface area contributed by atoms with Crippen molar-refractivity contribution in [1.82, 2.24) is 0 Å². The number of rotatable bonds is 4. The second-order valence-corrected chi connectivity index (χ2v) is 3.90. The molecule has 0 radical (unpaired) electrons. The van der Waals surface area contributed by atoms with Gasteiger partial charge in [0.25, 0.3) is 0 Å². The zero-order valence-electron chi connectivity index (χ0n) is 9.93. The Labute approximate surface area is 102 Å². The zero-order chi connectivity index (χ0) is 12.1. The van der Waals surface area contributed by atoms with Gasteiger partial charge < -0.3 is 15.2 Å². The molecule has 17 heavy (non-hydrogen) atoms. The molecule has 0 amide bonds. The standard InChI is InChI=1S/C14H17NO2/c1-2-16-14(10-8-12(15)9-11-14)17-13-6-4-3-5-7-13/h3-10H,2,11,15H2,1H3. The summed E-state index contributed by atoms with van der Waals surface area (Å²) in [5, 5.41) is 0. The Kier molecular flexibility index (Phi) is 3.49. The third-order valence-electron chi connectivity index (χ3n) is 2.57. The third-order valence-corrected chi connectivity index (χ3v) is 2.57. The molecule has 1 aromatic rings. The maximum Gasteiger partial charge on any atom is 0.234 e. The lowest BCUT2D eigenvalue weighted by atomic mass is 10.1. The summed E-state index contributed by atoms with van der Waals surface area (Å²) in [7, 11) is 0. The van der Waals surface area contributed by atoms with Gasteiger partial charge in [0, 0.05) is 18.7 Å². The van der Waals surface area contributed by atoms with Gasteiger partial charge in [-0.25, -0.2) is 0 Å². The smallest absolute Gasteiger partial charge is 0.234 e. The summed E-state index contributed by atoms with van der Waals surface area (Å²) in [6, 6.07) is 9.65. The minimum absolute atomic E-state index is 0.588. The van der Waals surface area contributed by atoms with E-state index in [0.29, 0.717) is 13.0 Å². The molecule has 2 N–H and O–H groups in total. The van der Waals surface area contributed by atoms with Crippen LogP contribution in [-0.4, -0.2) is 12.4 Å². The molecule has 0 saturated heterocycles. The molecule has 0 aliphatic heterocycles. The monoisotopic (exact) mass is 231 g/mol. The van der Waals surface area contributed by atoms with Crippen LogP contribution in [0.5, 0.6) is 5.75 Å². The Hall–Kier alpha value is -1.74. The number of nitrogens with two attached hydrogens (primary N) is 1. The van der Waals surface area contributed by atoms with Crippen molar-refractivity contribution in [3.05, 3.63) is 54.3 Å². The average molecular weight is 231 g/mol. The fourth-order valence-electron chi connectivity index (χ4n) is 1.76. The van der Waals surface area contributed by atoms with Gasteiger partial charge in [-0.15, -0.1) is 0 Å². The van der Waals surface area contributed by atoms with E-state index in [1.54, 1.807) is 0 Å². The summed E-state index contributed by atoms with van der Waals surface area (Å²) in [5.74, 6) is 0.0679. The molecule has 0 bridgehead atoms. The number of ether oxygens (including phenoxy) is 2. The van der Waals surface area contributed by atoms with E-state index >= 15 is 0 Å². The Bertz CT molecular complexity index is 425. The van der Waals surface area contributed by atoms with Crippen molar-refractivity contribution >= 4 is 0 Å². The summed E-state index contributed by atoms with van der Waals surface area (Å²) in [6.45, 7) is 2.54. The van der Waals surface area contributed by atoms with Crippen molar-refractivity contribution < 1.29 is 9.47 Å². The number of allylic oxidation sites excluding steroid dienone is 1. The normalized spacial score (nSPS) is 23.2. The van der Waals surface area contributed by atoms with Gasteiger partial charge in [0.1, 0.15) is 5.75 Å². The van der Waals surface area contributed by atoms with Crippen LogP contribution in [0.3, 0.4) is 0 Å². The predicted molar refractivity (Wildman–Crippen MR) is 67.5 cm³/mol. The summed E-state index contributed by atoms with van der Waals surface area (Å²) in [5.41, 5.74) is 6.46. The number of hydrogen-bond acceptors (Lipinski definition) is 3. The van der Waals surface area contributed by atoms with Crippen LogP contribution in [-0.2, 0) is 4.74 Å². The fraction of sp³-hybridized carbons (Fsp3) is 0.286. The first-order valence-corrected chi connectivity index (χ1v) is 5.77. The average Bonchev–Trinajstić information content (AvgIpc) is 2.35. The SMILES string of the molecule is CCOC1(Oc2ccccc2)C=CC(N)=CC1. The van der Waals surface area contributed by atoms with Crippen LogP contribution in [0, 0.1) is 0 Å². The maximum atomic E-state index is 5.92. The van der Waals surface area contributed by atoms with E-state index in [0.717, 1.165) is 11.4 Å². The van der Waals surface area contributed by atoms with E-state index in [-0.39, 0.29) is 0 Å². The first-order chi connectivity index (χ1) is 8.24. The molecule has 3 heteroatoms. The first kappa shape index (κ1) is 11.7. The van der Waals surface area contributed by atoms with Crippen molar-refractivity contribution in [2.75, 3.05) is 6.61 Å². The zero-order valence-corrected chi connectivity index (χ0v) is 9.93. The van der Waals surface area contributed by atoms with Crippen LogP contribution in [0.15, 0.2) is 54.3 Å². The second kappa shape index (κ2) is 5.06. The lowest BCUT2D eigenvalue weighted by Crippen LogP contribution is -2.38. The molecule has 1 aromatic carbocycles. The minimum atomic E-state index is -0.723. The highest BCUT2D eigenvalue weighted by atomic mass is 16.7. The summed E-state index contributed by atoms with van der Waals surface area (Å²) in [6.07, 6.45) is 6.23. The molecule has 0 fully saturated rings. The van der Waals surface area contributed by atoms with E-state index in [1.165, 1.54) is 0 Å². The topological polar surface area (TPSA) is 44.5 Å². The van der Waals surface area contributed by atoms with Gasteiger partial charge in [-0.3, -0.25) is 0 Å². The van der Waals surface area contributed by atoms with E-state index in [1.807, 2.05) is 55.5 Å². The van der Waals surface area contributed by atoms with Crippen LogP contribution >= 0.6 is 0 Å². The Morgan fingerprint density at radius 1 is 1.29 bits per heavy atom. The van der Waals surface area contributed by atoms with Crippen LogP contribution in [0.25, 0.3) is 0 Å². The molecule has 0 aromatic heterocycles. The van der Waals surface area contributed by atoms with E-state index in [4.69, 9.17) is 15.2 Å². The summed E-state index contributed by atoms with van der Waals surface area (Å²) < 4.78 is 11.6. The highest BCUT2D eigenvalue weighted by molar-refractivity contribution is 5.27. The van der Waals surface area contributed by atoms with E-state index < -0.39 is 5.79 Å². The Morgan fingerprint density at radius 3 is 2.65 bits per heavy atom. The van der Waals surface area contributed by atoms with Crippen LogP contribution < -0.4 is 10.5 Å². The van der Waals surface area contributed by atoms with Crippen molar-refractivity contribution in [1.29, 1.82) is 0 Å². The van der Waals surface area contributed by atoms with E-state index in [2.05, 4.69) is 0 Å². The van der Waals surface area contributed by atoms with E-state index in [9.17, 15) is 0 Å². The van der Waals surface area contributed by atoms with Gasteiger partial charge in [0.15, 0.2) is 0 Å². The van der Waals surface area contributed by atoms with Gasteiger partial charge in [0.05, 0.1) is 0 Å². The van der Waals surface area contributed by atoms with Crippen molar-refractivity contribution in [2.24, 2.45) is 5.73 Å². The quantitative estimate of drug-likeness (QED) is 0.810. The molecule has 0 heterocycles. The first-order valence-electron chi connectivity index (χ1n) is 5.77. The molecule has 1 aliphatic rings. The minimum Gasteiger partial charge on any atom is -0.458 e.